The molecule has 1 aliphatic carbocycles. The molecule has 0 radical (unpaired) electrons. The first kappa shape index (κ1) is 9.32. The first-order valence-electron chi connectivity index (χ1n) is 4.33. The fourth-order valence-corrected chi connectivity index (χ4v) is 1.37. The smallest absolute Gasteiger partial charge is 0.422 e. The molecule has 0 saturated heterocycles. The lowest BCUT2D eigenvalue weighted by atomic mass is 10.3. The summed E-state index contributed by atoms with van der Waals surface area (Å²) < 4.78 is 5.13. The predicted octanol–water partition coefficient (Wildman–Crippen LogP) is 1.13. The van der Waals surface area contributed by atoms with Crippen LogP contribution < -0.4 is 5.43 Å². The molecule has 0 aliphatic heterocycles. The molecular formula is C8H16N2O2. The van der Waals surface area contributed by atoms with E-state index in [4.69, 9.17) is 4.74 Å². The van der Waals surface area contributed by atoms with Crippen LogP contribution in [-0.4, -0.2) is 31.3 Å². The van der Waals surface area contributed by atoms with Gasteiger partial charge in [0.2, 0.25) is 0 Å². The van der Waals surface area contributed by atoms with E-state index in [0.29, 0.717) is 0 Å². The third kappa shape index (κ3) is 3.09. The summed E-state index contributed by atoms with van der Waals surface area (Å²) in [5.41, 5.74) is 2.54. The Morgan fingerprint density at radius 2 is 2.00 bits per heavy atom. The molecule has 0 aromatic rings. The number of nitrogens with one attached hydrogen (secondary N) is 1. The molecule has 1 rings (SSSR count). The molecule has 1 aliphatic rings. The van der Waals surface area contributed by atoms with Crippen molar-refractivity contribution in [3.63, 3.8) is 0 Å². The first-order chi connectivity index (χ1) is 5.68. The van der Waals surface area contributed by atoms with Crippen LogP contribution in [0.15, 0.2) is 0 Å². The normalized spacial score (nSPS) is 18.2. The molecule has 0 aromatic heterocycles. The molecule has 0 aromatic carbocycles. The van der Waals surface area contributed by atoms with Crippen LogP contribution >= 0.6 is 0 Å². The van der Waals surface area contributed by atoms with Crippen molar-refractivity contribution in [3.05, 3.63) is 0 Å². The number of hydrogen-bond acceptors (Lipinski definition) is 3. The molecule has 12 heavy (non-hydrogen) atoms. The van der Waals surface area contributed by atoms with E-state index in [1.165, 1.54) is 12.8 Å². The number of carbonyl (C=O) groups is 1. The molecule has 0 bridgehead atoms. The van der Waals surface area contributed by atoms with Gasteiger partial charge in [-0.2, -0.15) is 0 Å². The zero-order valence-electron chi connectivity index (χ0n) is 7.67. The third-order valence-electron chi connectivity index (χ3n) is 1.89. The standard InChI is InChI=1S/C8H16N2O2/c1-10(2)9-8(11)12-7-5-3-4-6-7/h7H,3-6H2,1-2H3,(H,9,11). The number of amides is 1. The van der Waals surface area contributed by atoms with E-state index in [0.717, 1.165) is 12.8 Å². The average Bonchev–Trinajstić information content (AvgIpc) is 2.37. The lowest BCUT2D eigenvalue weighted by molar-refractivity contribution is 0.0830. The minimum atomic E-state index is -0.341. The van der Waals surface area contributed by atoms with E-state index in [-0.39, 0.29) is 12.2 Å². The number of carbonyl (C=O) groups excluding carboxylic acids is 1. The Kier molecular flexibility index (Phi) is 3.34. The number of nitrogens with zero attached hydrogens (tertiary/aromatic N) is 1. The van der Waals surface area contributed by atoms with Gasteiger partial charge in [0.15, 0.2) is 0 Å². The van der Waals surface area contributed by atoms with Crippen LogP contribution in [0, 0.1) is 0 Å². The van der Waals surface area contributed by atoms with Gasteiger partial charge in [-0.25, -0.2) is 9.80 Å². The molecule has 0 unspecified atom stereocenters. The minimum absolute atomic E-state index is 0.143. The van der Waals surface area contributed by atoms with Crippen molar-refractivity contribution in [3.8, 4) is 0 Å². The molecule has 0 spiro atoms. The molecule has 0 atom stereocenters. The van der Waals surface area contributed by atoms with Crippen LogP contribution in [0.4, 0.5) is 4.79 Å². The SMILES string of the molecule is CN(C)NC(=O)OC1CCCC1. The Hall–Kier alpha value is -0.770. The highest BCUT2D eigenvalue weighted by molar-refractivity contribution is 5.66. The van der Waals surface area contributed by atoms with E-state index in [1.807, 2.05) is 0 Å². The Balaban J connectivity index is 2.16. The number of hydrogen-bond donors (Lipinski definition) is 1. The maximum Gasteiger partial charge on any atom is 0.422 e. The zero-order valence-corrected chi connectivity index (χ0v) is 7.67. The van der Waals surface area contributed by atoms with Gasteiger partial charge in [0.25, 0.3) is 0 Å². The summed E-state index contributed by atoms with van der Waals surface area (Å²) in [6, 6.07) is 0. The highest BCUT2D eigenvalue weighted by atomic mass is 16.6. The van der Waals surface area contributed by atoms with Gasteiger partial charge >= 0.3 is 6.09 Å². The molecule has 4 heteroatoms. The topological polar surface area (TPSA) is 41.6 Å². The molecular weight excluding hydrogens is 156 g/mol. The predicted molar refractivity (Wildman–Crippen MR) is 45.6 cm³/mol. The van der Waals surface area contributed by atoms with Crippen molar-refractivity contribution in [1.29, 1.82) is 0 Å². The van der Waals surface area contributed by atoms with Crippen molar-refractivity contribution in [2.24, 2.45) is 0 Å². The molecule has 1 amide bonds. The summed E-state index contributed by atoms with van der Waals surface area (Å²) in [7, 11) is 3.52. The third-order valence-corrected chi connectivity index (χ3v) is 1.89. The van der Waals surface area contributed by atoms with Gasteiger partial charge in [-0.1, -0.05) is 0 Å². The second kappa shape index (κ2) is 4.30. The lowest BCUT2D eigenvalue weighted by Gasteiger charge is -2.15. The molecule has 1 N–H and O–H groups in total. The molecule has 4 nitrogen and oxygen atoms in total. The van der Waals surface area contributed by atoms with Gasteiger partial charge in [-0.05, 0) is 25.7 Å². The lowest BCUT2D eigenvalue weighted by Crippen LogP contribution is -2.38. The van der Waals surface area contributed by atoms with Crippen LogP contribution in [0.5, 0.6) is 0 Å². The zero-order chi connectivity index (χ0) is 8.97. The number of rotatable bonds is 2. The van der Waals surface area contributed by atoms with E-state index in [1.54, 1.807) is 19.1 Å². The quantitative estimate of drug-likeness (QED) is 0.635. The Labute approximate surface area is 72.8 Å². The summed E-state index contributed by atoms with van der Waals surface area (Å²) in [5, 5.41) is 1.58. The van der Waals surface area contributed by atoms with Crippen LogP contribution in [0.1, 0.15) is 25.7 Å². The summed E-state index contributed by atoms with van der Waals surface area (Å²) in [6.07, 6.45) is 4.19. The van der Waals surface area contributed by atoms with Crippen molar-refractivity contribution in [2.75, 3.05) is 14.1 Å². The maximum absolute atomic E-state index is 11.0. The van der Waals surface area contributed by atoms with E-state index in [2.05, 4.69) is 5.43 Å². The van der Waals surface area contributed by atoms with Crippen molar-refractivity contribution in [1.82, 2.24) is 10.4 Å². The van der Waals surface area contributed by atoms with Gasteiger partial charge in [-0.15, -0.1) is 0 Å². The average molecular weight is 172 g/mol. The summed E-state index contributed by atoms with van der Waals surface area (Å²) in [5.74, 6) is 0. The van der Waals surface area contributed by atoms with Gasteiger partial charge < -0.3 is 4.74 Å². The molecule has 1 saturated carbocycles. The summed E-state index contributed by atoms with van der Waals surface area (Å²) >= 11 is 0. The fraction of sp³-hybridized carbons (Fsp3) is 0.875. The van der Waals surface area contributed by atoms with Crippen molar-refractivity contribution in [2.45, 2.75) is 31.8 Å². The van der Waals surface area contributed by atoms with Crippen molar-refractivity contribution < 1.29 is 9.53 Å². The van der Waals surface area contributed by atoms with Gasteiger partial charge in [-0.3, -0.25) is 5.43 Å². The van der Waals surface area contributed by atoms with Crippen LogP contribution in [0.2, 0.25) is 0 Å². The van der Waals surface area contributed by atoms with E-state index >= 15 is 0 Å². The van der Waals surface area contributed by atoms with Crippen LogP contribution in [-0.2, 0) is 4.74 Å². The highest BCUT2D eigenvalue weighted by Crippen LogP contribution is 2.20. The Morgan fingerprint density at radius 1 is 1.42 bits per heavy atom. The second-order valence-electron chi connectivity index (χ2n) is 3.32. The van der Waals surface area contributed by atoms with E-state index < -0.39 is 0 Å². The number of hydrazine groups is 1. The fourth-order valence-electron chi connectivity index (χ4n) is 1.37. The second-order valence-corrected chi connectivity index (χ2v) is 3.32. The van der Waals surface area contributed by atoms with Gasteiger partial charge in [0.05, 0.1) is 0 Å². The minimum Gasteiger partial charge on any atom is -0.445 e. The highest BCUT2D eigenvalue weighted by Gasteiger charge is 2.18. The summed E-state index contributed by atoms with van der Waals surface area (Å²) in [6.45, 7) is 0. The number of ether oxygens (including phenoxy) is 1. The maximum atomic E-state index is 11.0. The van der Waals surface area contributed by atoms with E-state index in [9.17, 15) is 4.79 Å². The van der Waals surface area contributed by atoms with Crippen molar-refractivity contribution >= 4 is 6.09 Å². The molecule has 70 valence electrons. The first-order valence-corrected chi connectivity index (χ1v) is 4.33. The summed E-state index contributed by atoms with van der Waals surface area (Å²) in [4.78, 5) is 11.0. The molecule has 1 fully saturated rings. The van der Waals surface area contributed by atoms with Gasteiger partial charge in [0, 0.05) is 14.1 Å². The van der Waals surface area contributed by atoms with Gasteiger partial charge in [0.1, 0.15) is 6.10 Å². The van der Waals surface area contributed by atoms with Crippen LogP contribution in [0.25, 0.3) is 0 Å². The largest absolute Gasteiger partial charge is 0.445 e. The monoisotopic (exact) mass is 172 g/mol. The molecule has 0 heterocycles. The van der Waals surface area contributed by atoms with Crippen LogP contribution in [0.3, 0.4) is 0 Å². The Bertz CT molecular complexity index is 153. The Morgan fingerprint density at radius 3 is 2.50 bits per heavy atom.